The molecule has 4 nitrogen and oxygen atoms in total. The topological polar surface area (TPSA) is 46.3 Å². The lowest BCUT2D eigenvalue weighted by Gasteiger charge is -2.32. The van der Waals surface area contributed by atoms with Gasteiger partial charge < -0.3 is 9.32 Å². The minimum atomic E-state index is -0.203. The van der Waals surface area contributed by atoms with Crippen LogP contribution in [0.4, 0.5) is 4.39 Å². The van der Waals surface area contributed by atoms with Crippen LogP contribution in [-0.2, 0) is 6.42 Å². The SMILES string of the molecule is Cc1ncoc1C(=O)N1CCCC(CCc2ccc(F)cc2)C1. The molecule has 0 radical (unpaired) electrons. The standard InChI is InChI=1S/C18H21FN2O2/c1-13-17(23-12-20-13)18(22)21-10-2-3-15(11-21)5-4-14-6-8-16(19)9-7-14/h6-9,12,15H,2-5,10-11H2,1H3. The van der Waals surface area contributed by atoms with Crippen molar-refractivity contribution in [1.82, 2.24) is 9.88 Å². The number of benzene rings is 1. The number of carbonyl (C=O) groups excluding carboxylic acids is 1. The molecule has 0 aliphatic carbocycles. The summed E-state index contributed by atoms with van der Waals surface area (Å²) in [5.41, 5.74) is 1.78. The number of hydrogen-bond donors (Lipinski definition) is 0. The van der Waals surface area contributed by atoms with E-state index in [1.54, 1.807) is 6.92 Å². The normalized spacial score (nSPS) is 18.2. The van der Waals surface area contributed by atoms with E-state index in [2.05, 4.69) is 4.98 Å². The zero-order valence-corrected chi connectivity index (χ0v) is 13.3. The Morgan fingerprint density at radius 1 is 1.39 bits per heavy atom. The van der Waals surface area contributed by atoms with E-state index in [1.807, 2.05) is 17.0 Å². The average Bonchev–Trinajstić information content (AvgIpc) is 3.00. The highest BCUT2D eigenvalue weighted by atomic mass is 19.1. The van der Waals surface area contributed by atoms with E-state index in [1.165, 1.54) is 18.5 Å². The molecule has 1 fully saturated rings. The summed E-state index contributed by atoms with van der Waals surface area (Å²) in [4.78, 5) is 18.3. The summed E-state index contributed by atoms with van der Waals surface area (Å²) >= 11 is 0. The second kappa shape index (κ2) is 6.94. The fraction of sp³-hybridized carbons (Fsp3) is 0.444. The number of oxazole rings is 1. The second-order valence-electron chi connectivity index (χ2n) is 6.19. The van der Waals surface area contributed by atoms with Crippen LogP contribution < -0.4 is 0 Å². The Balaban J connectivity index is 1.57. The van der Waals surface area contributed by atoms with Gasteiger partial charge in [0, 0.05) is 13.1 Å². The number of rotatable bonds is 4. The second-order valence-corrected chi connectivity index (χ2v) is 6.19. The van der Waals surface area contributed by atoms with Crippen LogP contribution >= 0.6 is 0 Å². The molecule has 5 heteroatoms. The summed E-state index contributed by atoms with van der Waals surface area (Å²) in [6.07, 6.45) is 5.37. The molecule has 1 amide bonds. The number of hydrogen-bond acceptors (Lipinski definition) is 3. The van der Waals surface area contributed by atoms with Crippen molar-refractivity contribution >= 4 is 5.91 Å². The maximum absolute atomic E-state index is 12.9. The largest absolute Gasteiger partial charge is 0.438 e. The van der Waals surface area contributed by atoms with Gasteiger partial charge in [0.25, 0.3) is 5.91 Å². The van der Waals surface area contributed by atoms with Crippen molar-refractivity contribution in [1.29, 1.82) is 0 Å². The minimum absolute atomic E-state index is 0.0634. The third kappa shape index (κ3) is 3.78. The molecular weight excluding hydrogens is 295 g/mol. The molecule has 3 rings (SSSR count). The Morgan fingerprint density at radius 3 is 2.87 bits per heavy atom. The van der Waals surface area contributed by atoms with E-state index in [0.29, 0.717) is 17.4 Å². The third-order valence-corrected chi connectivity index (χ3v) is 4.50. The summed E-state index contributed by atoms with van der Waals surface area (Å²) in [6, 6.07) is 6.66. The van der Waals surface area contributed by atoms with Crippen LogP contribution in [0, 0.1) is 18.7 Å². The molecule has 1 aliphatic rings. The maximum atomic E-state index is 12.9. The van der Waals surface area contributed by atoms with Gasteiger partial charge in [-0.1, -0.05) is 12.1 Å². The van der Waals surface area contributed by atoms with Gasteiger partial charge in [0.1, 0.15) is 5.82 Å². The van der Waals surface area contributed by atoms with Gasteiger partial charge >= 0.3 is 0 Å². The summed E-state index contributed by atoms with van der Waals surface area (Å²) in [6.45, 7) is 3.30. The smallest absolute Gasteiger partial charge is 0.291 e. The van der Waals surface area contributed by atoms with Crippen LogP contribution in [0.2, 0.25) is 0 Å². The van der Waals surface area contributed by atoms with Crippen LogP contribution in [0.1, 0.15) is 41.1 Å². The number of nitrogens with zero attached hydrogens (tertiary/aromatic N) is 2. The summed E-state index contributed by atoms with van der Waals surface area (Å²) in [5.74, 6) is 0.558. The number of amides is 1. The first-order valence-electron chi connectivity index (χ1n) is 8.07. The monoisotopic (exact) mass is 316 g/mol. The van der Waals surface area contributed by atoms with E-state index in [4.69, 9.17) is 4.42 Å². The molecule has 1 aromatic carbocycles. The van der Waals surface area contributed by atoms with Crippen molar-refractivity contribution in [2.45, 2.75) is 32.6 Å². The molecular formula is C18H21FN2O2. The molecule has 0 saturated carbocycles. The van der Waals surface area contributed by atoms with Crippen LogP contribution in [0.5, 0.6) is 0 Å². The summed E-state index contributed by atoms with van der Waals surface area (Å²) in [5, 5.41) is 0. The van der Waals surface area contributed by atoms with Crippen LogP contribution in [0.25, 0.3) is 0 Å². The Morgan fingerprint density at radius 2 is 2.17 bits per heavy atom. The zero-order valence-electron chi connectivity index (χ0n) is 13.3. The van der Waals surface area contributed by atoms with Crippen molar-refractivity contribution in [3.05, 3.63) is 53.5 Å². The van der Waals surface area contributed by atoms with Crippen LogP contribution in [-0.4, -0.2) is 28.9 Å². The van der Waals surface area contributed by atoms with Crippen molar-refractivity contribution in [2.24, 2.45) is 5.92 Å². The van der Waals surface area contributed by atoms with E-state index in [9.17, 15) is 9.18 Å². The summed E-state index contributed by atoms with van der Waals surface area (Å²) in [7, 11) is 0. The van der Waals surface area contributed by atoms with Crippen molar-refractivity contribution in [2.75, 3.05) is 13.1 Å². The molecule has 1 unspecified atom stereocenters. The molecule has 2 aromatic rings. The first-order valence-corrected chi connectivity index (χ1v) is 8.07. The van der Waals surface area contributed by atoms with E-state index in [-0.39, 0.29) is 11.7 Å². The minimum Gasteiger partial charge on any atom is -0.438 e. The van der Waals surface area contributed by atoms with Gasteiger partial charge in [-0.3, -0.25) is 4.79 Å². The molecule has 1 aromatic heterocycles. The van der Waals surface area contributed by atoms with Crippen LogP contribution in [0.3, 0.4) is 0 Å². The number of likely N-dealkylation sites (tertiary alicyclic amines) is 1. The molecule has 122 valence electrons. The Kier molecular flexibility index (Phi) is 4.74. The van der Waals surface area contributed by atoms with Gasteiger partial charge in [-0.2, -0.15) is 0 Å². The molecule has 1 atom stereocenters. The van der Waals surface area contributed by atoms with E-state index < -0.39 is 0 Å². The van der Waals surface area contributed by atoms with Gasteiger partial charge in [0.05, 0.1) is 5.69 Å². The Hall–Kier alpha value is -2.17. The van der Waals surface area contributed by atoms with Gasteiger partial charge in [0.15, 0.2) is 6.39 Å². The lowest BCUT2D eigenvalue weighted by molar-refractivity contribution is 0.0635. The number of halogens is 1. The lowest BCUT2D eigenvalue weighted by atomic mass is 9.91. The van der Waals surface area contributed by atoms with Crippen molar-refractivity contribution < 1.29 is 13.6 Å². The number of piperidine rings is 1. The highest BCUT2D eigenvalue weighted by Gasteiger charge is 2.27. The molecule has 2 heterocycles. The maximum Gasteiger partial charge on any atom is 0.291 e. The predicted octanol–water partition coefficient (Wildman–Crippen LogP) is 3.61. The van der Waals surface area contributed by atoms with E-state index >= 15 is 0 Å². The molecule has 0 N–H and O–H groups in total. The fourth-order valence-electron chi connectivity index (χ4n) is 3.16. The number of aromatic nitrogens is 1. The lowest BCUT2D eigenvalue weighted by Crippen LogP contribution is -2.40. The fourth-order valence-corrected chi connectivity index (χ4v) is 3.16. The molecule has 0 spiro atoms. The first kappa shape index (κ1) is 15.7. The highest BCUT2D eigenvalue weighted by molar-refractivity contribution is 5.92. The van der Waals surface area contributed by atoms with Gasteiger partial charge in [-0.15, -0.1) is 0 Å². The van der Waals surface area contributed by atoms with Crippen molar-refractivity contribution in [3.8, 4) is 0 Å². The van der Waals surface area contributed by atoms with E-state index in [0.717, 1.165) is 44.3 Å². The van der Waals surface area contributed by atoms with Crippen molar-refractivity contribution in [3.63, 3.8) is 0 Å². The third-order valence-electron chi connectivity index (χ3n) is 4.50. The Bertz CT molecular complexity index is 666. The Labute approximate surface area is 135 Å². The zero-order chi connectivity index (χ0) is 16.2. The molecule has 0 bridgehead atoms. The van der Waals surface area contributed by atoms with Gasteiger partial charge in [-0.25, -0.2) is 9.37 Å². The number of carbonyl (C=O) groups is 1. The summed E-state index contributed by atoms with van der Waals surface area (Å²) < 4.78 is 18.1. The average molecular weight is 316 g/mol. The molecule has 1 aliphatic heterocycles. The first-order chi connectivity index (χ1) is 11.1. The number of aryl methyl sites for hydroxylation is 2. The molecule has 1 saturated heterocycles. The van der Waals surface area contributed by atoms with Gasteiger partial charge in [-0.05, 0) is 56.2 Å². The highest BCUT2D eigenvalue weighted by Crippen LogP contribution is 2.23. The quantitative estimate of drug-likeness (QED) is 0.865. The van der Waals surface area contributed by atoms with Gasteiger partial charge in [0.2, 0.25) is 5.76 Å². The molecule has 23 heavy (non-hydrogen) atoms. The van der Waals surface area contributed by atoms with Crippen LogP contribution in [0.15, 0.2) is 35.1 Å². The predicted molar refractivity (Wildman–Crippen MR) is 84.6 cm³/mol.